The number of nitrogen functional groups attached to an aromatic ring is 1. The number of sulfonamides is 1. The molecule has 0 bridgehead atoms. The van der Waals surface area contributed by atoms with Crippen LogP contribution in [0.3, 0.4) is 0 Å². The molecule has 2 fully saturated rings. The lowest BCUT2D eigenvalue weighted by Crippen LogP contribution is -2.38. The van der Waals surface area contributed by atoms with Crippen molar-refractivity contribution in [3.05, 3.63) is 11.6 Å². The minimum atomic E-state index is -3.65. The van der Waals surface area contributed by atoms with E-state index in [-0.39, 0.29) is 16.9 Å². The van der Waals surface area contributed by atoms with Gasteiger partial charge in [0, 0.05) is 17.6 Å². The van der Waals surface area contributed by atoms with Crippen LogP contribution in [-0.4, -0.2) is 23.8 Å². The smallest absolute Gasteiger partial charge is 0.260 e. The van der Waals surface area contributed by atoms with Crippen LogP contribution in [0.5, 0.6) is 0 Å². The zero-order valence-electron chi connectivity index (χ0n) is 11.3. The number of hydrazine groups is 1. The molecule has 2 saturated carbocycles. The number of nitrogens with one attached hydrogen (secondary N) is 2. The monoisotopic (exact) mass is 327 g/mol. The normalized spacial score (nSPS) is 19.5. The van der Waals surface area contributed by atoms with Crippen molar-refractivity contribution in [2.24, 2.45) is 17.7 Å². The van der Waals surface area contributed by atoms with E-state index in [1.54, 1.807) is 16.0 Å². The van der Waals surface area contributed by atoms with Crippen molar-refractivity contribution in [2.75, 3.05) is 5.43 Å². The van der Waals surface area contributed by atoms with Gasteiger partial charge in [0.1, 0.15) is 0 Å². The summed E-state index contributed by atoms with van der Waals surface area (Å²) in [5.74, 6) is 6.61. The van der Waals surface area contributed by atoms with Crippen LogP contribution in [0.4, 0.5) is 5.82 Å². The van der Waals surface area contributed by atoms with Gasteiger partial charge in [0.15, 0.2) is 10.8 Å². The van der Waals surface area contributed by atoms with Crippen molar-refractivity contribution in [1.82, 2.24) is 14.1 Å². The average Bonchev–Trinajstić information content (AvgIpc) is 3.34. The van der Waals surface area contributed by atoms with Crippen LogP contribution < -0.4 is 16.0 Å². The summed E-state index contributed by atoms with van der Waals surface area (Å²) in [5, 5.41) is 1.91. The molecule has 2 aliphatic rings. The van der Waals surface area contributed by atoms with Gasteiger partial charge >= 0.3 is 0 Å². The van der Waals surface area contributed by atoms with E-state index < -0.39 is 10.0 Å². The second kappa shape index (κ2) is 4.67. The molecule has 2 aliphatic carbocycles. The van der Waals surface area contributed by atoms with Gasteiger partial charge in [0.2, 0.25) is 5.03 Å². The highest BCUT2D eigenvalue weighted by molar-refractivity contribution is 7.89. The fraction of sp³-hybridized carbons (Fsp3) is 0.583. The maximum atomic E-state index is 12.8. The maximum Gasteiger partial charge on any atom is 0.260 e. The lowest BCUT2D eigenvalue weighted by Gasteiger charge is -2.17. The van der Waals surface area contributed by atoms with Crippen LogP contribution in [0.25, 0.3) is 4.96 Å². The Labute approximate surface area is 126 Å². The van der Waals surface area contributed by atoms with Gasteiger partial charge in [-0.05, 0) is 37.5 Å². The Morgan fingerprint density at radius 2 is 2.00 bits per heavy atom. The molecule has 9 heteroatoms. The van der Waals surface area contributed by atoms with Crippen molar-refractivity contribution in [3.8, 4) is 0 Å². The molecule has 0 spiro atoms. The first-order valence-corrected chi connectivity index (χ1v) is 9.41. The van der Waals surface area contributed by atoms with Crippen molar-refractivity contribution in [1.29, 1.82) is 0 Å². The minimum Gasteiger partial charge on any atom is -0.306 e. The molecule has 0 radical (unpaired) electrons. The molecule has 4 rings (SSSR count). The molecule has 0 atom stereocenters. The molecule has 0 amide bonds. The third kappa shape index (κ3) is 2.33. The second-order valence-electron chi connectivity index (χ2n) is 5.79. The number of hydrogen-bond acceptors (Lipinski definition) is 6. The van der Waals surface area contributed by atoms with E-state index in [0.717, 1.165) is 25.7 Å². The Kier molecular flexibility index (Phi) is 3.00. The SMILES string of the molecule is NNc1nc2sccn2c1S(=O)(=O)NC(C1CC1)C1CC1. The Morgan fingerprint density at radius 1 is 1.33 bits per heavy atom. The topological polar surface area (TPSA) is 102 Å². The Balaban J connectivity index is 1.73. The highest BCUT2D eigenvalue weighted by Crippen LogP contribution is 2.45. The van der Waals surface area contributed by atoms with Gasteiger partial charge in [-0.15, -0.1) is 11.3 Å². The zero-order valence-corrected chi connectivity index (χ0v) is 13.0. The summed E-state index contributed by atoms with van der Waals surface area (Å²) < 4.78 is 30.1. The first-order valence-electron chi connectivity index (χ1n) is 7.04. The number of nitrogens with zero attached hydrogens (tertiary/aromatic N) is 2. The van der Waals surface area contributed by atoms with Gasteiger partial charge in [-0.25, -0.2) is 19.0 Å². The Bertz CT molecular complexity index is 761. The molecule has 0 unspecified atom stereocenters. The molecule has 0 aliphatic heterocycles. The van der Waals surface area contributed by atoms with E-state index in [1.807, 2.05) is 0 Å². The van der Waals surface area contributed by atoms with Gasteiger partial charge in [-0.3, -0.25) is 4.40 Å². The van der Waals surface area contributed by atoms with Crippen LogP contribution in [0.2, 0.25) is 0 Å². The van der Waals surface area contributed by atoms with Crippen molar-refractivity contribution >= 4 is 32.1 Å². The quantitative estimate of drug-likeness (QED) is 0.546. The number of hydrogen-bond donors (Lipinski definition) is 3. The van der Waals surface area contributed by atoms with Crippen LogP contribution in [0, 0.1) is 11.8 Å². The summed E-state index contributed by atoms with van der Waals surface area (Å²) in [6, 6.07) is 0.0600. The van der Waals surface area contributed by atoms with Crippen molar-refractivity contribution in [2.45, 2.75) is 36.8 Å². The number of fused-ring (bicyclic) bond motifs is 1. The molecule has 21 heavy (non-hydrogen) atoms. The number of nitrogens with two attached hydrogens (primary N) is 1. The van der Waals surface area contributed by atoms with Crippen LogP contribution >= 0.6 is 11.3 Å². The number of rotatable bonds is 6. The molecule has 7 nitrogen and oxygen atoms in total. The van der Waals surface area contributed by atoms with Gasteiger partial charge in [0.05, 0.1) is 0 Å². The van der Waals surface area contributed by atoms with E-state index in [1.165, 1.54) is 11.3 Å². The van der Waals surface area contributed by atoms with E-state index in [2.05, 4.69) is 15.1 Å². The van der Waals surface area contributed by atoms with Gasteiger partial charge in [-0.2, -0.15) is 4.98 Å². The van der Waals surface area contributed by atoms with Crippen molar-refractivity contribution in [3.63, 3.8) is 0 Å². The summed E-state index contributed by atoms with van der Waals surface area (Å²) >= 11 is 1.37. The summed E-state index contributed by atoms with van der Waals surface area (Å²) in [4.78, 5) is 4.82. The largest absolute Gasteiger partial charge is 0.306 e. The molecule has 114 valence electrons. The lowest BCUT2D eigenvalue weighted by molar-refractivity contribution is 0.470. The second-order valence-corrected chi connectivity index (χ2v) is 8.29. The lowest BCUT2D eigenvalue weighted by atomic mass is 10.1. The van der Waals surface area contributed by atoms with E-state index in [0.29, 0.717) is 16.8 Å². The van der Waals surface area contributed by atoms with E-state index >= 15 is 0 Å². The zero-order chi connectivity index (χ0) is 14.6. The molecule has 4 N–H and O–H groups in total. The third-order valence-electron chi connectivity index (χ3n) is 4.16. The first kappa shape index (κ1) is 13.5. The van der Waals surface area contributed by atoms with Crippen molar-refractivity contribution < 1.29 is 8.42 Å². The predicted molar refractivity (Wildman–Crippen MR) is 80.4 cm³/mol. The Morgan fingerprint density at radius 3 is 2.57 bits per heavy atom. The number of imidazole rings is 1. The first-order chi connectivity index (χ1) is 10.1. The van der Waals surface area contributed by atoms with Crippen LogP contribution in [-0.2, 0) is 10.0 Å². The highest BCUT2D eigenvalue weighted by atomic mass is 32.2. The van der Waals surface area contributed by atoms with Crippen LogP contribution in [0.15, 0.2) is 16.6 Å². The molecule has 2 heterocycles. The van der Waals surface area contributed by atoms with E-state index in [9.17, 15) is 8.42 Å². The molecule has 0 aromatic carbocycles. The van der Waals surface area contributed by atoms with Crippen LogP contribution in [0.1, 0.15) is 25.7 Å². The fourth-order valence-corrected chi connectivity index (χ4v) is 5.23. The molecular formula is C12H17N5O2S2. The minimum absolute atomic E-state index is 0.0600. The summed E-state index contributed by atoms with van der Waals surface area (Å²) in [7, 11) is -3.65. The molecule has 2 aromatic rings. The molecular weight excluding hydrogens is 310 g/mol. The third-order valence-corrected chi connectivity index (χ3v) is 6.40. The average molecular weight is 327 g/mol. The summed E-state index contributed by atoms with van der Waals surface area (Å²) in [6.07, 6.45) is 6.17. The highest BCUT2D eigenvalue weighted by Gasteiger charge is 2.44. The maximum absolute atomic E-state index is 12.8. The van der Waals surface area contributed by atoms with Gasteiger partial charge < -0.3 is 5.43 Å². The number of anilines is 1. The van der Waals surface area contributed by atoms with Gasteiger partial charge in [-0.1, -0.05) is 0 Å². The Hall–Kier alpha value is -1.16. The van der Waals surface area contributed by atoms with E-state index in [4.69, 9.17) is 5.84 Å². The summed E-state index contributed by atoms with van der Waals surface area (Å²) in [5.41, 5.74) is 2.40. The summed E-state index contributed by atoms with van der Waals surface area (Å²) in [6.45, 7) is 0. The number of thiazole rings is 1. The fourth-order valence-electron chi connectivity index (χ4n) is 2.84. The molecule has 0 saturated heterocycles. The van der Waals surface area contributed by atoms with Gasteiger partial charge in [0.25, 0.3) is 10.0 Å². The molecule has 2 aromatic heterocycles. The number of aromatic nitrogens is 2. The standard InChI is InChI=1S/C12H17N5O2S2/c13-15-10-11(17-5-6-20-12(17)14-10)21(18,19)16-9(7-1-2-7)8-3-4-8/h5-9,15-16H,1-4,13H2. The predicted octanol–water partition coefficient (Wildman–Crippen LogP) is 1.15.